The summed E-state index contributed by atoms with van der Waals surface area (Å²) in [5.74, 6) is -0.400. The first-order valence-electron chi connectivity index (χ1n) is 12.8. The third kappa shape index (κ3) is 7.98. The van der Waals surface area contributed by atoms with E-state index in [2.05, 4.69) is 5.32 Å². The molecule has 0 unspecified atom stereocenters. The van der Waals surface area contributed by atoms with Gasteiger partial charge in [-0.05, 0) is 48.2 Å². The number of carbonyl (C=O) groups is 2. The molecule has 0 aliphatic heterocycles. The first-order valence-corrected chi connectivity index (χ1v) is 14.7. The summed E-state index contributed by atoms with van der Waals surface area (Å²) < 4.78 is 14.3. The summed E-state index contributed by atoms with van der Waals surface area (Å²) in [6, 6.07) is 21.0. The van der Waals surface area contributed by atoms with Gasteiger partial charge >= 0.3 is 0 Å². The normalized spacial score (nSPS) is 14.3. The van der Waals surface area contributed by atoms with E-state index in [9.17, 15) is 14.0 Å². The fourth-order valence-corrected chi connectivity index (χ4v) is 6.08. The molecule has 1 N–H and O–H groups in total. The van der Waals surface area contributed by atoms with Gasteiger partial charge in [0.25, 0.3) is 0 Å². The van der Waals surface area contributed by atoms with Crippen LogP contribution in [0.1, 0.15) is 42.4 Å². The van der Waals surface area contributed by atoms with Crippen LogP contribution in [0.3, 0.4) is 0 Å². The Labute approximate surface area is 237 Å². The number of thioether (sulfide) groups is 1. The second-order valence-corrected chi connectivity index (χ2v) is 11.4. The molecule has 2 amide bonds. The van der Waals surface area contributed by atoms with Crippen LogP contribution in [0.15, 0.2) is 72.8 Å². The van der Waals surface area contributed by atoms with Crippen LogP contribution in [0.5, 0.6) is 0 Å². The summed E-state index contributed by atoms with van der Waals surface area (Å²) in [6.07, 6.45) is 4.48. The van der Waals surface area contributed by atoms with Gasteiger partial charge in [0.15, 0.2) is 0 Å². The van der Waals surface area contributed by atoms with E-state index >= 15 is 0 Å². The fourth-order valence-electron chi connectivity index (χ4n) is 4.70. The summed E-state index contributed by atoms with van der Waals surface area (Å²) in [5, 5.41) is 4.13. The zero-order chi connectivity index (χ0) is 26.9. The minimum Gasteiger partial charge on any atom is -0.352 e. The Morgan fingerprint density at radius 2 is 1.66 bits per heavy atom. The van der Waals surface area contributed by atoms with Gasteiger partial charge in [0.2, 0.25) is 11.8 Å². The van der Waals surface area contributed by atoms with Gasteiger partial charge in [0.05, 0.1) is 5.75 Å². The van der Waals surface area contributed by atoms with Crippen molar-refractivity contribution in [1.29, 1.82) is 0 Å². The summed E-state index contributed by atoms with van der Waals surface area (Å²) in [5.41, 5.74) is 2.21. The highest BCUT2D eigenvalue weighted by Crippen LogP contribution is 2.25. The van der Waals surface area contributed by atoms with Crippen molar-refractivity contribution in [2.75, 3.05) is 5.75 Å². The highest BCUT2D eigenvalue weighted by molar-refractivity contribution is 7.99. The van der Waals surface area contributed by atoms with Crippen molar-refractivity contribution in [3.63, 3.8) is 0 Å². The summed E-state index contributed by atoms with van der Waals surface area (Å²) in [6.45, 7) is 0.257. The van der Waals surface area contributed by atoms with Crippen LogP contribution >= 0.6 is 35.0 Å². The summed E-state index contributed by atoms with van der Waals surface area (Å²) >= 11 is 13.6. The second-order valence-electron chi connectivity index (χ2n) is 9.54. The topological polar surface area (TPSA) is 49.4 Å². The quantitative estimate of drug-likeness (QED) is 0.267. The molecule has 0 heterocycles. The third-order valence-electron chi connectivity index (χ3n) is 6.77. The van der Waals surface area contributed by atoms with Crippen LogP contribution in [0.4, 0.5) is 4.39 Å². The van der Waals surface area contributed by atoms with E-state index in [1.165, 1.54) is 17.8 Å². The average molecular weight is 574 g/mol. The molecule has 1 aliphatic carbocycles. The third-order valence-corrected chi connectivity index (χ3v) is 8.32. The Hall–Kier alpha value is -2.54. The lowest BCUT2D eigenvalue weighted by Crippen LogP contribution is -2.52. The largest absolute Gasteiger partial charge is 0.352 e. The van der Waals surface area contributed by atoms with Gasteiger partial charge in [0.1, 0.15) is 11.9 Å². The van der Waals surface area contributed by atoms with Crippen molar-refractivity contribution in [2.24, 2.45) is 0 Å². The van der Waals surface area contributed by atoms with Crippen LogP contribution in [0, 0.1) is 5.82 Å². The van der Waals surface area contributed by atoms with E-state index in [0.29, 0.717) is 22.0 Å². The smallest absolute Gasteiger partial charge is 0.243 e. The Morgan fingerprint density at radius 3 is 2.34 bits per heavy atom. The molecule has 3 aromatic carbocycles. The van der Waals surface area contributed by atoms with E-state index in [-0.39, 0.29) is 35.9 Å². The van der Waals surface area contributed by atoms with E-state index in [0.717, 1.165) is 36.8 Å². The van der Waals surface area contributed by atoms with Gasteiger partial charge in [0, 0.05) is 40.4 Å². The zero-order valence-corrected chi connectivity index (χ0v) is 23.4. The van der Waals surface area contributed by atoms with Gasteiger partial charge in [-0.1, -0.05) is 84.6 Å². The maximum atomic E-state index is 14.3. The molecule has 4 nitrogen and oxygen atoms in total. The molecule has 3 aromatic rings. The van der Waals surface area contributed by atoms with E-state index < -0.39 is 11.9 Å². The summed E-state index contributed by atoms with van der Waals surface area (Å²) in [4.78, 5) is 29.0. The number of hydrogen-bond acceptors (Lipinski definition) is 3. The minimum absolute atomic E-state index is 0.0836. The number of amides is 2. The number of halogens is 3. The monoisotopic (exact) mass is 572 g/mol. The number of rotatable bonds is 11. The molecule has 0 saturated heterocycles. The van der Waals surface area contributed by atoms with Crippen molar-refractivity contribution in [1.82, 2.24) is 10.2 Å². The molecule has 1 aliphatic rings. The number of nitrogens with zero attached hydrogens (tertiary/aromatic N) is 1. The molecule has 8 heteroatoms. The standard InChI is InChI=1S/C30H31Cl2FN2O2S/c31-23-15-13-22(14-16-23)18-35(29(36)20-38-19-25-26(32)11-6-12-27(25)33)28(17-21-7-2-1-3-8-21)30(37)34-24-9-4-5-10-24/h1-3,6-8,11-16,24,28H,4-5,9-10,17-20H2,(H,34,37)/t28-/m1/s1. The lowest BCUT2D eigenvalue weighted by atomic mass is 10.0. The Bertz CT molecular complexity index is 1200. The van der Waals surface area contributed by atoms with Crippen molar-refractivity contribution >= 4 is 46.8 Å². The van der Waals surface area contributed by atoms with Crippen LogP contribution in [0.2, 0.25) is 10.0 Å². The van der Waals surface area contributed by atoms with Crippen LogP contribution in [-0.2, 0) is 28.3 Å². The predicted octanol–water partition coefficient (Wildman–Crippen LogP) is 7.06. The molecule has 1 fully saturated rings. The van der Waals surface area contributed by atoms with Crippen LogP contribution in [0.25, 0.3) is 0 Å². The second kappa shape index (κ2) is 14.0. The fraction of sp³-hybridized carbons (Fsp3) is 0.333. The first kappa shape index (κ1) is 28.5. The first-order chi connectivity index (χ1) is 18.4. The van der Waals surface area contributed by atoms with E-state index in [4.69, 9.17) is 23.2 Å². The molecular weight excluding hydrogens is 542 g/mol. The Balaban J connectivity index is 1.57. The van der Waals surface area contributed by atoms with Crippen LogP contribution in [-0.4, -0.2) is 34.6 Å². The van der Waals surface area contributed by atoms with Crippen LogP contribution < -0.4 is 5.32 Å². The highest BCUT2D eigenvalue weighted by Gasteiger charge is 2.32. The molecule has 0 bridgehead atoms. The molecular formula is C30H31Cl2FN2O2S. The summed E-state index contributed by atoms with van der Waals surface area (Å²) in [7, 11) is 0. The number of hydrogen-bond donors (Lipinski definition) is 1. The SMILES string of the molecule is O=C(NC1CCCC1)[C@@H](Cc1ccccc1)N(Cc1ccc(Cl)cc1)C(=O)CSCc1c(F)cccc1Cl. The van der Waals surface area contributed by atoms with Gasteiger partial charge < -0.3 is 10.2 Å². The molecule has 200 valence electrons. The van der Waals surface area contributed by atoms with E-state index in [1.54, 1.807) is 29.2 Å². The maximum absolute atomic E-state index is 14.3. The lowest BCUT2D eigenvalue weighted by Gasteiger charge is -2.32. The predicted molar refractivity (Wildman–Crippen MR) is 154 cm³/mol. The van der Waals surface area contributed by atoms with Gasteiger partial charge in [-0.25, -0.2) is 4.39 Å². The Kier molecular flexibility index (Phi) is 10.5. The molecule has 0 aromatic heterocycles. The number of benzene rings is 3. The molecule has 0 radical (unpaired) electrons. The minimum atomic E-state index is -0.696. The van der Waals surface area contributed by atoms with E-state index in [1.807, 2.05) is 42.5 Å². The van der Waals surface area contributed by atoms with Crippen molar-refractivity contribution < 1.29 is 14.0 Å². The molecule has 38 heavy (non-hydrogen) atoms. The van der Waals surface area contributed by atoms with Crippen molar-refractivity contribution in [3.8, 4) is 0 Å². The van der Waals surface area contributed by atoms with Gasteiger partial charge in [-0.2, -0.15) is 0 Å². The lowest BCUT2D eigenvalue weighted by molar-refractivity contribution is -0.139. The molecule has 0 spiro atoms. The highest BCUT2D eigenvalue weighted by atomic mass is 35.5. The maximum Gasteiger partial charge on any atom is 0.243 e. The van der Waals surface area contributed by atoms with Crippen molar-refractivity contribution in [3.05, 3.63) is 105 Å². The van der Waals surface area contributed by atoms with Gasteiger partial charge in [-0.3, -0.25) is 9.59 Å². The van der Waals surface area contributed by atoms with Crippen molar-refractivity contribution in [2.45, 2.75) is 56.5 Å². The average Bonchev–Trinajstić information content (AvgIpc) is 3.42. The number of carbonyl (C=O) groups excluding carboxylic acids is 2. The molecule has 1 saturated carbocycles. The Morgan fingerprint density at radius 1 is 0.947 bits per heavy atom. The molecule has 1 atom stereocenters. The zero-order valence-electron chi connectivity index (χ0n) is 21.0. The van der Waals surface area contributed by atoms with Gasteiger partial charge in [-0.15, -0.1) is 11.8 Å². The number of nitrogens with one attached hydrogen (secondary N) is 1. The molecule has 4 rings (SSSR count).